The summed E-state index contributed by atoms with van der Waals surface area (Å²) in [5.74, 6) is 0.866. The quantitative estimate of drug-likeness (QED) is 0.529. The monoisotopic (exact) mass is 227 g/mol. The molecule has 2 atom stereocenters. The van der Waals surface area contributed by atoms with E-state index in [1.807, 2.05) is 0 Å². The van der Waals surface area contributed by atoms with Gasteiger partial charge in [0, 0.05) is 18.9 Å². The molecule has 0 aromatic rings. The Morgan fingerprint density at radius 2 is 2.00 bits per heavy atom. The van der Waals surface area contributed by atoms with E-state index in [9.17, 15) is 9.59 Å². The van der Waals surface area contributed by atoms with Crippen LogP contribution >= 0.6 is 0 Å². The maximum atomic E-state index is 11.4. The van der Waals surface area contributed by atoms with Gasteiger partial charge in [0.2, 0.25) is 5.91 Å². The van der Waals surface area contributed by atoms with Crippen LogP contribution < -0.4 is 5.32 Å². The molecule has 1 rings (SSSR count). The smallest absolute Gasteiger partial charge is 0.305 e. The summed E-state index contributed by atoms with van der Waals surface area (Å²) >= 11 is 0. The predicted molar refractivity (Wildman–Crippen MR) is 60.8 cm³/mol. The van der Waals surface area contributed by atoms with Crippen molar-refractivity contribution in [2.45, 2.75) is 39.0 Å². The molecule has 4 heteroatoms. The molecular formula is C12H21NO3. The maximum absolute atomic E-state index is 11.4. The number of carbonyl (C=O) groups excluding carboxylic acids is 2. The molecular weight excluding hydrogens is 206 g/mol. The standard InChI is InChI=1S/C12H21NO3/c1-9-8-10(9)12(15)13-7-5-3-4-6-11(14)16-2/h9-10H,3-8H2,1-2H3,(H,13,15). The number of hydrogen-bond donors (Lipinski definition) is 1. The lowest BCUT2D eigenvalue weighted by molar-refractivity contribution is -0.140. The van der Waals surface area contributed by atoms with Crippen LogP contribution in [0.2, 0.25) is 0 Å². The molecule has 1 fully saturated rings. The van der Waals surface area contributed by atoms with Gasteiger partial charge in [-0.2, -0.15) is 0 Å². The second kappa shape index (κ2) is 6.51. The molecule has 0 radical (unpaired) electrons. The zero-order valence-corrected chi connectivity index (χ0v) is 10.1. The van der Waals surface area contributed by atoms with Crippen LogP contribution in [-0.4, -0.2) is 25.5 Å². The zero-order chi connectivity index (χ0) is 12.0. The summed E-state index contributed by atoms with van der Waals surface area (Å²) in [6, 6.07) is 0. The molecule has 0 spiro atoms. The number of rotatable bonds is 7. The topological polar surface area (TPSA) is 55.4 Å². The Balaban J connectivity index is 1.88. The molecule has 0 saturated heterocycles. The van der Waals surface area contributed by atoms with Crippen LogP contribution in [0.4, 0.5) is 0 Å². The normalized spacial score (nSPS) is 22.6. The lowest BCUT2D eigenvalue weighted by Gasteiger charge is -2.04. The average Bonchev–Trinajstić information content (AvgIpc) is 3.00. The summed E-state index contributed by atoms with van der Waals surface area (Å²) in [4.78, 5) is 22.2. The van der Waals surface area contributed by atoms with Crippen molar-refractivity contribution in [2.24, 2.45) is 11.8 Å². The van der Waals surface area contributed by atoms with Gasteiger partial charge in [-0.05, 0) is 25.2 Å². The Hall–Kier alpha value is -1.06. The number of amides is 1. The molecule has 92 valence electrons. The van der Waals surface area contributed by atoms with Gasteiger partial charge in [0.05, 0.1) is 7.11 Å². The molecule has 1 amide bonds. The van der Waals surface area contributed by atoms with Gasteiger partial charge in [-0.15, -0.1) is 0 Å². The number of esters is 1. The van der Waals surface area contributed by atoms with Crippen molar-refractivity contribution >= 4 is 11.9 Å². The van der Waals surface area contributed by atoms with Gasteiger partial charge in [0.25, 0.3) is 0 Å². The van der Waals surface area contributed by atoms with Crippen LogP contribution in [0.1, 0.15) is 39.0 Å². The minimum atomic E-state index is -0.157. The molecule has 4 nitrogen and oxygen atoms in total. The molecule has 1 aliphatic carbocycles. The number of methoxy groups -OCH3 is 1. The first kappa shape index (κ1) is 13.0. The summed E-state index contributed by atoms with van der Waals surface area (Å²) in [5.41, 5.74) is 0. The van der Waals surface area contributed by atoms with E-state index >= 15 is 0 Å². The molecule has 1 N–H and O–H groups in total. The molecule has 16 heavy (non-hydrogen) atoms. The highest BCUT2D eigenvalue weighted by molar-refractivity contribution is 5.81. The number of ether oxygens (including phenoxy) is 1. The van der Waals surface area contributed by atoms with E-state index in [0.717, 1.165) is 32.2 Å². The van der Waals surface area contributed by atoms with Gasteiger partial charge in [-0.25, -0.2) is 0 Å². The molecule has 0 aromatic heterocycles. The van der Waals surface area contributed by atoms with E-state index in [1.165, 1.54) is 7.11 Å². The Morgan fingerprint density at radius 3 is 2.56 bits per heavy atom. The molecule has 1 saturated carbocycles. The lowest BCUT2D eigenvalue weighted by Crippen LogP contribution is -2.26. The zero-order valence-electron chi connectivity index (χ0n) is 10.1. The Labute approximate surface area is 96.7 Å². The van der Waals surface area contributed by atoms with Gasteiger partial charge in [-0.1, -0.05) is 13.3 Å². The van der Waals surface area contributed by atoms with Crippen LogP contribution in [0.15, 0.2) is 0 Å². The van der Waals surface area contributed by atoms with E-state index in [2.05, 4.69) is 17.0 Å². The van der Waals surface area contributed by atoms with E-state index in [1.54, 1.807) is 0 Å². The predicted octanol–water partition coefficient (Wildman–Crippen LogP) is 1.49. The Kier molecular flexibility index (Phi) is 5.29. The van der Waals surface area contributed by atoms with Crippen molar-refractivity contribution in [3.05, 3.63) is 0 Å². The highest BCUT2D eigenvalue weighted by Gasteiger charge is 2.38. The van der Waals surface area contributed by atoms with Crippen LogP contribution in [0.3, 0.4) is 0 Å². The number of unbranched alkanes of at least 4 members (excludes halogenated alkanes) is 2. The summed E-state index contributed by atoms with van der Waals surface area (Å²) in [5, 5.41) is 2.92. The first-order valence-corrected chi connectivity index (χ1v) is 5.99. The van der Waals surface area contributed by atoms with Gasteiger partial charge < -0.3 is 10.1 Å². The summed E-state index contributed by atoms with van der Waals surface area (Å²) < 4.78 is 4.54. The number of nitrogens with one attached hydrogen (secondary N) is 1. The van der Waals surface area contributed by atoms with Gasteiger partial charge >= 0.3 is 5.97 Å². The molecule has 1 aliphatic rings. The minimum Gasteiger partial charge on any atom is -0.469 e. The third kappa shape index (κ3) is 4.64. The van der Waals surface area contributed by atoms with Crippen LogP contribution in [0.25, 0.3) is 0 Å². The molecule has 0 aliphatic heterocycles. The molecule has 2 unspecified atom stereocenters. The fourth-order valence-electron chi connectivity index (χ4n) is 1.70. The van der Waals surface area contributed by atoms with E-state index in [-0.39, 0.29) is 17.8 Å². The second-order valence-electron chi connectivity index (χ2n) is 4.50. The van der Waals surface area contributed by atoms with E-state index in [4.69, 9.17) is 0 Å². The highest BCUT2D eigenvalue weighted by atomic mass is 16.5. The van der Waals surface area contributed by atoms with Crippen molar-refractivity contribution in [1.29, 1.82) is 0 Å². The Bertz CT molecular complexity index is 253. The lowest BCUT2D eigenvalue weighted by atomic mass is 10.2. The van der Waals surface area contributed by atoms with Gasteiger partial charge in [-0.3, -0.25) is 9.59 Å². The number of carbonyl (C=O) groups is 2. The van der Waals surface area contributed by atoms with Crippen LogP contribution in [0.5, 0.6) is 0 Å². The first-order chi connectivity index (χ1) is 7.65. The van der Waals surface area contributed by atoms with Gasteiger partial charge in [0.15, 0.2) is 0 Å². The largest absolute Gasteiger partial charge is 0.469 e. The summed E-state index contributed by atoms with van der Waals surface area (Å²) in [7, 11) is 1.40. The SMILES string of the molecule is COC(=O)CCCCCNC(=O)C1CC1C. The minimum absolute atomic E-state index is 0.157. The molecule has 0 aromatic carbocycles. The third-order valence-electron chi connectivity index (χ3n) is 3.03. The average molecular weight is 227 g/mol. The van der Waals surface area contributed by atoms with Crippen molar-refractivity contribution in [3.63, 3.8) is 0 Å². The molecule has 0 heterocycles. The third-order valence-corrected chi connectivity index (χ3v) is 3.03. The first-order valence-electron chi connectivity index (χ1n) is 5.99. The fraction of sp³-hybridized carbons (Fsp3) is 0.833. The summed E-state index contributed by atoms with van der Waals surface area (Å²) in [6.07, 6.45) is 4.24. The van der Waals surface area contributed by atoms with Crippen molar-refractivity contribution in [3.8, 4) is 0 Å². The van der Waals surface area contributed by atoms with Crippen molar-refractivity contribution in [1.82, 2.24) is 5.32 Å². The summed E-state index contributed by atoms with van der Waals surface area (Å²) in [6.45, 7) is 2.82. The van der Waals surface area contributed by atoms with E-state index in [0.29, 0.717) is 12.3 Å². The van der Waals surface area contributed by atoms with Crippen molar-refractivity contribution < 1.29 is 14.3 Å². The second-order valence-corrected chi connectivity index (χ2v) is 4.50. The Morgan fingerprint density at radius 1 is 1.31 bits per heavy atom. The highest BCUT2D eigenvalue weighted by Crippen LogP contribution is 2.37. The van der Waals surface area contributed by atoms with Crippen LogP contribution in [-0.2, 0) is 14.3 Å². The molecule has 0 bridgehead atoms. The number of hydrogen-bond acceptors (Lipinski definition) is 3. The fourth-order valence-corrected chi connectivity index (χ4v) is 1.70. The van der Waals surface area contributed by atoms with Crippen LogP contribution in [0, 0.1) is 11.8 Å². The maximum Gasteiger partial charge on any atom is 0.305 e. The van der Waals surface area contributed by atoms with Gasteiger partial charge in [0.1, 0.15) is 0 Å². The van der Waals surface area contributed by atoms with E-state index < -0.39 is 0 Å². The van der Waals surface area contributed by atoms with Crippen molar-refractivity contribution in [2.75, 3.05) is 13.7 Å².